The van der Waals surface area contributed by atoms with Crippen LogP contribution in [0.25, 0.3) is 0 Å². The van der Waals surface area contributed by atoms with E-state index in [4.69, 9.17) is 9.98 Å². The summed E-state index contributed by atoms with van der Waals surface area (Å²) in [5, 5.41) is 7.28. The molecule has 4 heterocycles. The molecule has 0 saturated carbocycles. The zero-order valence-electron chi connectivity index (χ0n) is 14.8. The molecule has 0 aromatic rings. The highest BCUT2D eigenvalue weighted by Crippen LogP contribution is 2.22. The van der Waals surface area contributed by atoms with E-state index in [2.05, 4.69) is 20.4 Å². The predicted molar refractivity (Wildman–Crippen MR) is 98.5 cm³/mol. The van der Waals surface area contributed by atoms with Crippen molar-refractivity contribution in [3.05, 3.63) is 0 Å². The molecule has 2 fully saturated rings. The molecule has 2 unspecified atom stereocenters. The SMILES string of the molecule is C1CCN=C2NC(C3CCCN4CCCNC4=NC3)CCN2CC1. The molecular formula is C18H32N6. The minimum absolute atomic E-state index is 0.541. The van der Waals surface area contributed by atoms with Crippen molar-refractivity contribution < 1.29 is 0 Å². The Morgan fingerprint density at radius 1 is 0.792 bits per heavy atom. The lowest BCUT2D eigenvalue weighted by Gasteiger charge is -2.41. The molecule has 4 aliphatic rings. The van der Waals surface area contributed by atoms with E-state index in [-0.39, 0.29) is 0 Å². The summed E-state index contributed by atoms with van der Waals surface area (Å²) in [5.41, 5.74) is 0. The van der Waals surface area contributed by atoms with Gasteiger partial charge in [-0.1, -0.05) is 0 Å². The second-order valence-electron chi connectivity index (χ2n) is 7.63. The maximum Gasteiger partial charge on any atom is 0.194 e. The third kappa shape index (κ3) is 3.62. The maximum absolute atomic E-state index is 4.94. The molecule has 6 nitrogen and oxygen atoms in total. The second kappa shape index (κ2) is 7.62. The molecule has 134 valence electrons. The Morgan fingerprint density at radius 2 is 1.67 bits per heavy atom. The van der Waals surface area contributed by atoms with Gasteiger partial charge in [0, 0.05) is 51.9 Å². The third-order valence-corrected chi connectivity index (χ3v) is 5.91. The van der Waals surface area contributed by atoms with Crippen molar-refractivity contribution in [2.75, 3.05) is 45.8 Å². The zero-order chi connectivity index (χ0) is 16.2. The lowest BCUT2D eigenvalue weighted by Crippen LogP contribution is -2.56. The Kier molecular flexibility index (Phi) is 5.09. The number of hydrogen-bond acceptors (Lipinski definition) is 6. The van der Waals surface area contributed by atoms with Crippen molar-refractivity contribution in [3.63, 3.8) is 0 Å². The van der Waals surface area contributed by atoms with Crippen molar-refractivity contribution in [1.82, 2.24) is 20.4 Å². The van der Waals surface area contributed by atoms with Crippen LogP contribution in [0.2, 0.25) is 0 Å². The number of fused-ring (bicyclic) bond motifs is 2. The lowest BCUT2D eigenvalue weighted by molar-refractivity contribution is 0.245. The molecule has 6 heteroatoms. The van der Waals surface area contributed by atoms with Crippen LogP contribution < -0.4 is 10.6 Å². The number of hydrogen-bond donors (Lipinski definition) is 2. The molecule has 0 aromatic heterocycles. The molecule has 0 aromatic carbocycles. The fourth-order valence-electron chi connectivity index (χ4n) is 4.45. The first-order valence-electron chi connectivity index (χ1n) is 9.99. The Hall–Kier alpha value is -1.46. The van der Waals surface area contributed by atoms with Crippen LogP contribution in [0.15, 0.2) is 9.98 Å². The van der Waals surface area contributed by atoms with Gasteiger partial charge in [0.25, 0.3) is 0 Å². The average molecular weight is 332 g/mol. The first-order valence-corrected chi connectivity index (χ1v) is 9.99. The molecule has 4 rings (SSSR count). The summed E-state index contributed by atoms with van der Waals surface area (Å²) in [6.07, 6.45) is 8.89. The summed E-state index contributed by atoms with van der Waals surface area (Å²) < 4.78 is 0. The van der Waals surface area contributed by atoms with Crippen molar-refractivity contribution >= 4 is 11.9 Å². The Labute approximate surface area is 145 Å². The van der Waals surface area contributed by atoms with Crippen LogP contribution in [-0.2, 0) is 0 Å². The average Bonchev–Trinajstić information content (AvgIpc) is 2.56. The summed E-state index contributed by atoms with van der Waals surface area (Å²) in [4.78, 5) is 14.7. The molecule has 2 N–H and O–H groups in total. The molecule has 0 bridgehead atoms. The smallest absolute Gasteiger partial charge is 0.194 e. The van der Waals surface area contributed by atoms with Gasteiger partial charge in [-0.2, -0.15) is 0 Å². The molecule has 2 saturated heterocycles. The van der Waals surface area contributed by atoms with Crippen molar-refractivity contribution in [2.45, 2.75) is 51.0 Å². The van der Waals surface area contributed by atoms with Crippen molar-refractivity contribution in [2.24, 2.45) is 15.9 Å². The third-order valence-electron chi connectivity index (χ3n) is 5.91. The van der Waals surface area contributed by atoms with E-state index in [1.165, 1.54) is 58.0 Å². The van der Waals surface area contributed by atoms with Crippen molar-refractivity contribution in [3.8, 4) is 0 Å². The summed E-state index contributed by atoms with van der Waals surface area (Å²) in [5.74, 6) is 2.95. The summed E-state index contributed by atoms with van der Waals surface area (Å²) in [6, 6.07) is 0.541. The zero-order valence-corrected chi connectivity index (χ0v) is 14.8. The predicted octanol–water partition coefficient (Wildman–Crippen LogP) is 1.25. The van der Waals surface area contributed by atoms with E-state index >= 15 is 0 Å². The van der Waals surface area contributed by atoms with Gasteiger partial charge in [-0.25, -0.2) is 0 Å². The lowest BCUT2D eigenvalue weighted by atomic mass is 9.90. The van der Waals surface area contributed by atoms with Crippen LogP contribution in [0.5, 0.6) is 0 Å². The van der Waals surface area contributed by atoms with Gasteiger partial charge in [-0.15, -0.1) is 0 Å². The van der Waals surface area contributed by atoms with E-state index in [1.54, 1.807) is 0 Å². The van der Waals surface area contributed by atoms with Gasteiger partial charge < -0.3 is 20.4 Å². The molecule has 0 spiro atoms. The van der Waals surface area contributed by atoms with Gasteiger partial charge in [-0.05, 0) is 50.9 Å². The van der Waals surface area contributed by atoms with Gasteiger partial charge in [0.15, 0.2) is 11.9 Å². The first-order chi connectivity index (χ1) is 11.9. The number of aliphatic imine (C=N–C) groups is 2. The van der Waals surface area contributed by atoms with Crippen LogP contribution in [0.1, 0.15) is 44.9 Å². The molecule has 0 aliphatic carbocycles. The van der Waals surface area contributed by atoms with Crippen LogP contribution in [0.3, 0.4) is 0 Å². The topological polar surface area (TPSA) is 55.3 Å². The molecular weight excluding hydrogens is 300 g/mol. The molecule has 2 atom stereocenters. The summed E-state index contributed by atoms with van der Waals surface area (Å²) in [6.45, 7) is 7.67. The van der Waals surface area contributed by atoms with Gasteiger partial charge in [0.2, 0.25) is 0 Å². The normalized spacial score (nSPS) is 31.7. The number of nitrogens with zero attached hydrogens (tertiary/aromatic N) is 4. The van der Waals surface area contributed by atoms with E-state index in [1.807, 2.05) is 0 Å². The molecule has 24 heavy (non-hydrogen) atoms. The molecule has 4 aliphatic heterocycles. The van der Waals surface area contributed by atoms with Gasteiger partial charge >= 0.3 is 0 Å². The molecule has 0 amide bonds. The van der Waals surface area contributed by atoms with Crippen molar-refractivity contribution in [1.29, 1.82) is 0 Å². The second-order valence-corrected chi connectivity index (χ2v) is 7.63. The van der Waals surface area contributed by atoms with Gasteiger partial charge in [0.1, 0.15) is 0 Å². The van der Waals surface area contributed by atoms with Crippen LogP contribution in [-0.4, -0.2) is 73.6 Å². The fourth-order valence-corrected chi connectivity index (χ4v) is 4.45. The van der Waals surface area contributed by atoms with Crippen LogP contribution >= 0.6 is 0 Å². The number of guanidine groups is 2. The number of nitrogens with one attached hydrogen (secondary N) is 2. The standard InChI is InChI=1S/C18H32N6/c1-2-8-20-18-22-16(7-13-24(18)10-3-1)15-6-4-11-23-12-5-9-19-17(23)21-14-15/h15-16H,1-14H2,(H,19,21)(H,20,22). The Balaban J connectivity index is 1.41. The summed E-state index contributed by atoms with van der Waals surface area (Å²) >= 11 is 0. The molecule has 0 radical (unpaired) electrons. The Morgan fingerprint density at radius 3 is 2.67 bits per heavy atom. The highest BCUT2D eigenvalue weighted by atomic mass is 15.3. The van der Waals surface area contributed by atoms with Crippen LogP contribution in [0, 0.1) is 5.92 Å². The quantitative estimate of drug-likeness (QED) is 0.759. The largest absolute Gasteiger partial charge is 0.356 e. The summed E-state index contributed by atoms with van der Waals surface area (Å²) in [7, 11) is 0. The van der Waals surface area contributed by atoms with E-state index in [9.17, 15) is 0 Å². The fraction of sp³-hybridized carbons (Fsp3) is 0.889. The van der Waals surface area contributed by atoms with E-state index in [0.29, 0.717) is 12.0 Å². The van der Waals surface area contributed by atoms with Gasteiger partial charge in [-0.3, -0.25) is 9.98 Å². The highest BCUT2D eigenvalue weighted by Gasteiger charge is 2.30. The highest BCUT2D eigenvalue weighted by molar-refractivity contribution is 5.81. The minimum Gasteiger partial charge on any atom is -0.356 e. The van der Waals surface area contributed by atoms with E-state index in [0.717, 1.165) is 44.6 Å². The first kappa shape index (κ1) is 16.0. The van der Waals surface area contributed by atoms with Crippen LogP contribution in [0.4, 0.5) is 0 Å². The maximum atomic E-state index is 4.94. The minimum atomic E-state index is 0.541. The monoisotopic (exact) mass is 332 g/mol. The van der Waals surface area contributed by atoms with Gasteiger partial charge in [0.05, 0.1) is 0 Å². The Bertz CT molecular complexity index is 488. The number of rotatable bonds is 1. The van der Waals surface area contributed by atoms with E-state index < -0.39 is 0 Å².